The fourth-order valence-electron chi connectivity index (χ4n) is 1.97. The van der Waals surface area contributed by atoms with Gasteiger partial charge in [-0.15, -0.1) is 0 Å². The molecule has 0 amide bonds. The fourth-order valence-corrected chi connectivity index (χ4v) is 1.97. The van der Waals surface area contributed by atoms with Crippen molar-refractivity contribution in [3.05, 3.63) is 35.4 Å². The minimum Gasteiger partial charge on any atom is -0.484 e. The van der Waals surface area contributed by atoms with Crippen molar-refractivity contribution in [2.75, 3.05) is 7.11 Å². The molecule has 1 aliphatic rings. The molecule has 1 aromatic rings. The van der Waals surface area contributed by atoms with Crippen molar-refractivity contribution in [3.63, 3.8) is 0 Å². The first kappa shape index (κ1) is 8.30. The summed E-state index contributed by atoms with van der Waals surface area (Å²) in [6.45, 7) is 0. The number of fused-ring (bicyclic) bond motifs is 1. The quantitative estimate of drug-likeness (QED) is 0.515. The first-order valence-corrected chi connectivity index (χ1v) is 4.53. The van der Waals surface area contributed by atoms with Crippen molar-refractivity contribution in [3.8, 4) is 0 Å². The van der Waals surface area contributed by atoms with E-state index in [1.165, 1.54) is 11.1 Å². The van der Waals surface area contributed by atoms with Gasteiger partial charge in [-0.05, 0) is 24.0 Å². The van der Waals surface area contributed by atoms with E-state index in [1.54, 1.807) is 7.11 Å². The Bertz CT molecular complexity index is 333. The zero-order valence-electron chi connectivity index (χ0n) is 7.71. The van der Waals surface area contributed by atoms with Gasteiger partial charge in [0, 0.05) is 0 Å². The highest BCUT2D eigenvalue weighted by molar-refractivity contribution is 5.82. The van der Waals surface area contributed by atoms with Gasteiger partial charge in [0.25, 0.3) is 0 Å². The molecule has 2 nitrogen and oxygen atoms in total. The maximum atomic E-state index is 7.64. The lowest BCUT2D eigenvalue weighted by atomic mass is 10.0. The number of hydrogen-bond donors (Lipinski definition) is 1. The summed E-state index contributed by atoms with van der Waals surface area (Å²) in [6.07, 6.45) is 2.10. The summed E-state index contributed by atoms with van der Waals surface area (Å²) in [5.74, 6) is 0.589. The van der Waals surface area contributed by atoms with Crippen LogP contribution in [0.2, 0.25) is 0 Å². The second kappa shape index (κ2) is 3.21. The lowest BCUT2D eigenvalue weighted by Gasteiger charge is -2.10. The molecule has 1 N–H and O–H groups in total. The number of rotatable bonds is 1. The molecule has 0 saturated heterocycles. The van der Waals surface area contributed by atoms with E-state index in [9.17, 15) is 0 Å². The van der Waals surface area contributed by atoms with Crippen LogP contribution in [0.5, 0.6) is 0 Å². The smallest absolute Gasteiger partial charge is 0.187 e. The van der Waals surface area contributed by atoms with Crippen LogP contribution in [-0.2, 0) is 11.2 Å². The Kier molecular flexibility index (Phi) is 2.05. The molecule has 0 fully saturated rings. The lowest BCUT2D eigenvalue weighted by molar-refractivity contribution is 0.377. The Labute approximate surface area is 78.0 Å². The summed E-state index contributed by atoms with van der Waals surface area (Å²) in [4.78, 5) is 0. The summed E-state index contributed by atoms with van der Waals surface area (Å²) >= 11 is 0. The summed E-state index contributed by atoms with van der Waals surface area (Å²) in [7, 11) is 1.57. The van der Waals surface area contributed by atoms with E-state index in [-0.39, 0.29) is 5.92 Å². The van der Waals surface area contributed by atoms with Gasteiger partial charge in [0.1, 0.15) is 0 Å². The predicted molar refractivity (Wildman–Crippen MR) is 52.2 cm³/mol. The van der Waals surface area contributed by atoms with E-state index in [0.717, 1.165) is 12.8 Å². The highest BCUT2D eigenvalue weighted by Gasteiger charge is 2.25. The molecule has 1 aromatic carbocycles. The monoisotopic (exact) mass is 175 g/mol. The van der Waals surface area contributed by atoms with Crippen LogP contribution in [0.15, 0.2) is 24.3 Å². The average Bonchev–Trinajstić information content (AvgIpc) is 2.60. The molecular weight excluding hydrogens is 162 g/mol. The molecule has 2 rings (SSSR count). The second-order valence-corrected chi connectivity index (χ2v) is 3.36. The maximum absolute atomic E-state index is 7.64. The third-order valence-corrected chi connectivity index (χ3v) is 2.67. The van der Waals surface area contributed by atoms with Crippen molar-refractivity contribution in [1.29, 1.82) is 5.41 Å². The number of aryl methyl sites for hydroxylation is 1. The SMILES string of the molecule is COC(=N)C1CCc2ccccc21. The van der Waals surface area contributed by atoms with Crippen LogP contribution in [0.3, 0.4) is 0 Å². The van der Waals surface area contributed by atoms with Gasteiger partial charge in [0.15, 0.2) is 5.90 Å². The maximum Gasteiger partial charge on any atom is 0.187 e. The van der Waals surface area contributed by atoms with E-state index in [2.05, 4.69) is 18.2 Å². The van der Waals surface area contributed by atoms with E-state index in [4.69, 9.17) is 10.1 Å². The van der Waals surface area contributed by atoms with Crippen molar-refractivity contribution in [2.45, 2.75) is 18.8 Å². The number of benzene rings is 1. The Balaban J connectivity index is 2.33. The minimum absolute atomic E-state index is 0.196. The number of hydrogen-bond acceptors (Lipinski definition) is 2. The van der Waals surface area contributed by atoms with Crippen molar-refractivity contribution >= 4 is 5.90 Å². The van der Waals surface area contributed by atoms with Gasteiger partial charge in [0.05, 0.1) is 13.0 Å². The minimum atomic E-state index is 0.196. The van der Waals surface area contributed by atoms with Gasteiger partial charge >= 0.3 is 0 Å². The van der Waals surface area contributed by atoms with Crippen LogP contribution < -0.4 is 0 Å². The van der Waals surface area contributed by atoms with Gasteiger partial charge in [-0.1, -0.05) is 24.3 Å². The van der Waals surface area contributed by atoms with Crippen molar-refractivity contribution in [1.82, 2.24) is 0 Å². The molecule has 1 aliphatic carbocycles. The Morgan fingerprint density at radius 1 is 1.46 bits per heavy atom. The van der Waals surface area contributed by atoms with E-state index in [1.807, 2.05) is 6.07 Å². The summed E-state index contributed by atoms with van der Waals surface area (Å²) in [6, 6.07) is 8.32. The topological polar surface area (TPSA) is 33.1 Å². The second-order valence-electron chi connectivity index (χ2n) is 3.36. The lowest BCUT2D eigenvalue weighted by Crippen LogP contribution is -2.10. The predicted octanol–water partition coefficient (Wildman–Crippen LogP) is 2.34. The molecule has 1 unspecified atom stereocenters. The zero-order valence-corrected chi connectivity index (χ0v) is 7.71. The number of nitrogens with one attached hydrogen (secondary N) is 1. The highest BCUT2D eigenvalue weighted by Crippen LogP contribution is 2.33. The van der Waals surface area contributed by atoms with Gasteiger partial charge in [-0.3, -0.25) is 5.41 Å². The van der Waals surface area contributed by atoms with E-state index >= 15 is 0 Å². The molecular formula is C11H13NO. The van der Waals surface area contributed by atoms with Crippen LogP contribution in [-0.4, -0.2) is 13.0 Å². The molecule has 0 aromatic heterocycles. The van der Waals surface area contributed by atoms with Gasteiger partial charge in [-0.2, -0.15) is 0 Å². The third-order valence-electron chi connectivity index (χ3n) is 2.67. The summed E-state index contributed by atoms with van der Waals surface area (Å²) < 4.78 is 4.97. The molecule has 0 spiro atoms. The first-order chi connectivity index (χ1) is 6.33. The molecule has 0 bridgehead atoms. The Morgan fingerprint density at radius 3 is 3.00 bits per heavy atom. The van der Waals surface area contributed by atoms with Crippen molar-refractivity contribution in [2.24, 2.45) is 0 Å². The highest BCUT2D eigenvalue weighted by atomic mass is 16.5. The van der Waals surface area contributed by atoms with Crippen LogP contribution >= 0.6 is 0 Å². The normalized spacial score (nSPS) is 19.6. The molecule has 0 radical (unpaired) electrons. The molecule has 13 heavy (non-hydrogen) atoms. The van der Waals surface area contributed by atoms with Crippen LogP contribution in [0.25, 0.3) is 0 Å². The summed E-state index contributed by atoms with van der Waals surface area (Å²) in [5, 5.41) is 7.64. The van der Waals surface area contributed by atoms with Gasteiger partial charge in [-0.25, -0.2) is 0 Å². The zero-order chi connectivity index (χ0) is 9.26. The Hall–Kier alpha value is -1.31. The molecule has 2 heteroatoms. The fraction of sp³-hybridized carbons (Fsp3) is 0.364. The molecule has 0 heterocycles. The van der Waals surface area contributed by atoms with Gasteiger partial charge in [0.2, 0.25) is 0 Å². The van der Waals surface area contributed by atoms with Crippen LogP contribution in [0.1, 0.15) is 23.5 Å². The van der Waals surface area contributed by atoms with Gasteiger partial charge < -0.3 is 4.74 Å². The average molecular weight is 175 g/mol. The summed E-state index contributed by atoms with van der Waals surface area (Å²) in [5.41, 5.74) is 2.64. The Morgan fingerprint density at radius 2 is 2.23 bits per heavy atom. The van der Waals surface area contributed by atoms with E-state index < -0.39 is 0 Å². The molecule has 0 saturated carbocycles. The first-order valence-electron chi connectivity index (χ1n) is 4.53. The van der Waals surface area contributed by atoms with Crippen LogP contribution in [0.4, 0.5) is 0 Å². The van der Waals surface area contributed by atoms with Crippen molar-refractivity contribution < 1.29 is 4.74 Å². The largest absolute Gasteiger partial charge is 0.484 e. The third kappa shape index (κ3) is 1.32. The number of ether oxygens (including phenoxy) is 1. The van der Waals surface area contributed by atoms with Crippen LogP contribution in [0, 0.1) is 5.41 Å². The van der Waals surface area contributed by atoms with E-state index in [0.29, 0.717) is 5.90 Å². The standard InChI is InChI=1S/C11H13NO/c1-13-11(12)10-7-6-8-4-2-3-5-9(8)10/h2-5,10,12H,6-7H2,1H3. The number of methoxy groups -OCH3 is 1. The molecule has 68 valence electrons. The molecule has 0 aliphatic heterocycles. The molecule has 1 atom stereocenters.